The van der Waals surface area contributed by atoms with Crippen LogP contribution in [0.5, 0.6) is 0 Å². The Bertz CT molecular complexity index is 444. The van der Waals surface area contributed by atoms with Crippen molar-refractivity contribution in [3.8, 4) is 0 Å². The molecule has 3 rings (SSSR count). The Balaban J connectivity index is 1.91. The fraction of sp³-hybridized carbons (Fsp3) is 0.562. The highest BCUT2D eigenvalue weighted by Gasteiger charge is 2.42. The number of para-hydroxylation sites is 1. The van der Waals surface area contributed by atoms with Crippen LogP contribution in [-0.4, -0.2) is 18.0 Å². The Kier molecular flexibility index (Phi) is 3.45. The zero-order valence-electron chi connectivity index (χ0n) is 11.5. The maximum absolute atomic E-state index is 6.18. The molecule has 3 nitrogen and oxygen atoms in total. The molecule has 3 heteroatoms. The Morgan fingerprint density at radius 2 is 1.58 bits per heavy atom. The van der Waals surface area contributed by atoms with Gasteiger partial charge in [0.15, 0.2) is 5.96 Å². The lowest BCUT2D eigenvalue weighted by Crippen LogP contribution is -2.52. The third-order valence-corrected chi connectivity index (χ3v) is 4.54. The highest BCUT2D eigenvalue weighted by Crippen LogP contribution is 2.38. The minimum Gasteiger partial charge on any atom is -0.369 e. The molecule has 0 aromatic heterocycles. The lowest BCUT2D eigenvalue weighted by atomic mass is 9.83. The topological polar surface area (TPSA) is 41.6 Å². The Morgan fingerprint density at radius 3 is 2.26 bits per heavy atom. The van der Waals surface area contributed by atoms with Crippen LogP contribution in [0.25, 0.3) is 0 Å². The molecule has 0 amide bonds. The van der Waals surface area contributed by atoms with Crippen molar-refractivity contribution in [3.05, 3.63) is 30.3 Å². The first kappa shape index (κ1) is 12.5. The molecule has 0 unspecified atom stereocenters. The summed E-state index contributed by atoms with van der Waals surface area (Å²) in [4.78, 5) is 6.87. The van der Waals surface area contributed by atoms with Gasteiger partial charge in [-0.15, -0.1) is 0 Å². The standard InChI is InChI=1S/C16H23N3/c17-15-18-13-16(11-7-2-1-3-8-12-16)19(15)14-9-5-4-6-10-14/h4-6,9-10H,1-3,7-8,11-13H2,(H2,17,18). The zero-order valence-corrected chi connectivity index (χ0v) is 11.5. The summed E-state index contributed by atoms with van der Waals surface area (Å²) in [5, 5.41) is 0. The van der Waals surface area contributed by atoms with Gasteiger partial charge in [0.25, 0.3) is 0 Å². The first-order valence-electron chi connectivity index (χ1n) is 7.47. The number of nitrogens with zero attached hydrogens (tertiary/aromatic N) is 2. The fourth-order valence-electron chi connectivity index (χ4n) is 3.54. The van der Waals surface area contributed by atoms with Crippen LogP contribution in [-0.2, 0) is 0 Å². The number of aliphatic imine (C=N–C) groups is 1. The van der Waals surface area contributed by atoms with Gasteiger partial charge >= 0.3 is 0 Å². The van der Waals surface area contributed by atoms with Crippen molar-refractivity contribution in [1.82, 2.24) is 0 Å². The van der Waals surface area contributed by atoms with Crippen LogP contribution < -0.4 is 10.6 Å². The summed E-state index contributed by atoms with van der Waals surface area (Å²) in [6, 6.07) is 10.5. The molecular weight excluding hydrogens is 234 g/mol. The van der Waals surface area contributed by atoms with Gasteiger partial charge in [0.2, 0.25) is 0 Å². The summed E-state index contributed by atoms with van der Waals surface area (Å²) in [6.45, 7) is 0.869. The minimum absolute atomic E-state index is 0.145. The van der Waals surface area contributed by atoms with E-state index in [4.69, 9.17) is 5.73 Å². The number of anilines is 1. The lowest BCUT2D eigenvalue weighted by molar-refractivity contribution is 0.337. The SMILES string of the molecule is NC1=NCC2(CCCCCCC2)N1c1ccccc1. The third kappa shape index (κ3) is 2.34. The highest BCUT2D eigenvalue weighted by molar-refractivity contribution is 5.98. The van der Waals surface area contributed by atoms with Crippen molar-refractivity contribution in [2.24, 2.45) is 10.7 Å². The molecule has 0 atom stereocenters. The number of rotatable bonds is 1. The number of hydrogen-bond donors (Lipinski definition) is 1. The van der Waals surface area contributed by atoms with Crippen molar-refractivity contribution >= 4 is 11.6 Å². The second kappa shape index (κ2) is 5.24. The first-order chi connectivity index (χ1) is 9.32. The second-order valence-corrected chi connectivity index (χ2v) is 5.84. The second-order valence-electron chi connectivity index (χ2n) is 5.84. The van der Waals surface area contributed by atoms with E-state index in [1.54, 1.807) is 0 Å². The molecule has 0 radical (unpaired) electrons. The number of benzene rings is 1. The third-order valence-electron chi connectivity index (χ3n) is 4.54. The Morgan fingerprint density at radius 1 is 0.947 bits per heavy atom. The van der Waals surface area contributed by atoms with Gasteiger partial charge in [-0.2, -0.15) is 0 Å². The van der Waals surface area contributed by atoms with E-state index < -0.39 is 0 Å². The van der Waals surface area contributed by atoms with Crippen LogP contribution in [0.15, 0.2) is 35.3 Å². The van der Waals surface area contributed by atoms with Gasteiger partial charge in [0.05, 0.1) is 12.1 Å². The maximum Gasteiger partial charge on any atom is 0.196 e. The summed E-state index contributed by atoms with van der Waals surface area (Å²) >= 11 is 0. The Hall–Kier alpha value is -1.51. The summed E-state index contributed by atoms with van der Waals surface area (Å²) in [7, 11) is 0. The molecule has 1 aliphatic carbocycles. The summed E-state index contributed by atoms with van der Waals surface area (Å²) in [5.74, 6) is 0.701. The van der Waals surface area contributed by atoms with Gasteiger partial charge in [0, 0.05) is 5.69 Å². The normalized spacial score (nSPS) is 22.9. The van der Waals surface area contributed by atoms with Gasteiger partial charge < -0.3 is 10.6 Å². The van der Waals surface area contributed by atoms with Crippen molar-refractivity contribution in [1.29, 1.82) is 0 Å². The number of guanidine groups is 1. The average Bonchev–Trinajstić information content (AvgIpc) is 2.73. The van der Waals surface area contributed by atoms with Gasteiger partial charge in [-0.1, -0.05) is 50.3 Å². The van der Waals surface area contributed by atoms with Crippen molar-refractivity contribution in [2.75, 3.05) is 11.4 Å². The van der Waals surface area contributed by atoms with Crippen LogP contribution in [0.4, 0.5) is 5.69 Å². The molecule has 1 aromatic rings. The molecule has 1 aliphatic heterocycles. The predicted octanol–water partition coefficient (Wildman–Crippen LogP) is 3.30. The number of hydrogen-bond acceptors (Lipinski definition) is 3. The predicted molar refractivity (Wildman–Crippen MR) is 80.5 cm³/mol. The van der Waals surface area contributed by atoms with Crippen molar-refractivity contribution in [3.63, 3.8) is 0 Å². The molecule has 1 aromatic carbocycles. The van der Waals surface area contributed by atoms with E-state index in [2.05, 4.69) is 40.2 Å². The summed E-state index contributed by atoms with van der Waals surface area (Å²) < 4.78 is 0. The number of nitrogens with two attached hydrogens (primary N) is 1. The van der Waals surface area contributed by atoms with E-state index in [0.717, 1.165) is 6.54 Å². The van der Waals surface area contributed by atoms with Crippen LogP contribution in [0, 0.1) is 0 Å². The zero-order chi connectivity index (χ0) is 13.1. The van der Waals surface area contributed by atoms with Crippen molar-refractivity contribution in [2.45, 2.75) is 50.5 Å². The van der Waals surface area contributed by atoms with E-state index in [9.17, 15) is 0 Å². The molecule has 19 heavy (non-hydrogen) atoms. The van der Waals surface area contributed by atoms with E-state index >= 15 is 0 Å². The lowest BCUT2D eigenvalue weighted by Gasteiger charge is -2.40. The molecule has 1 heterocycles. The summed E-state index contributed by atoms with van der Waals surface area (Å²) in [5.41, 5.74) is 7.52. The van der Waals surface area contributed by atoms with E-state index in [1.807, 2.05) is 0 Å². The molecule has 2 N–H and O–H groups in total. The molecule has 2 aliphatic rings. The van der Waals surface area contributed by atoms with E-state index in [0.29, 0.717) is 5.96 Å². The van der Waals surface area contributed by atoms with Crippen molar-refractivity contribution < 1.29 is 0 Å². The van der Waals surface area contributed by atoms with E-state index in [1.165, 1.54) is 50.6 Å². The molecule has 0 bridgehead atoms. The molecule has 1 spiro atoms. The maximum atomic E-state index is 6.18. The highest BCUT2D eigenvalue weighted by atomic mass is 15.4. The first-order valence-corrected chi connectivity index (χ1v) is 7.47. The fourth-order valence-corrected chi connectivity index (χ4v) is 3.54. The van der Waals surface area contributed by atoms with Crippen LogP contribution >= 0.6 is 0 Å². The van der Waals surface area contributed by atoms with Gasteiger partial charge in [0.1, 0.15) is 0 Å². The quantitative estimate of drug-likeness (QED) is 0.838. The van der Waals surface area contributed by atoms with Gasteiger partial charge in [-0.3, -0.25) is 4.99 Å². The summed E-state index contributed by atoms with van der Waals surface area (Å²) in [6.07, 6.45) is 9.11. The molecule has 1 fully saturated rings. The molecular formula is C16H23N3. The monoisotopic (exact) mass is 257 g/mol. The van der Waals surface area contributed by atoms with Gasteiger partial charge in [-0.25, -0.2) is 0 Å². The minimum atomic E-state index is 0.145. The van der Waals surface area contributed by atoms with Crippen LogP contribution in [0.2, 0.25) is 0 Å². The smallest absolute Gasteiger partial charge is 0.196 e. The largest absolute Gasteiger partial charge is 0.369 e. The molecule has 0 saturated heterocycles. The van der Waals surface area contributed by atoms with E-state index in [-0.39, 0.29) is 5.54 Å². The van der Waals surface area contributed by atoms with Crippen LogP contribution in [0.3, 0.4) is 0 Å². The average molecular weight is 257 g/mol. The molecule has 102 valence electrons. The van der Waals surface area contributed by atoms with Crippen LogP contribution in [0.1, 0.15) is 44.9 Å². The van der Waals surface area contributed by atoms with Gasteiger partial charge in [-0.05, 0) is 25.0 Å². The Labute approximate surface area is 115 Å². The molecule has 1 saturated carbocycles.